The Balaban J connectivity index is 1.82. The van der Waals surface area contributed by atoms with Gasteiger partial charge in [-0.2, -0.15) is 0 Å². The number of hydrazine groups is 1. The van der Waals surface area contributed by atoms with Gasteiger partial charge in [-0.25, -0.2) is 0 Å². The van der Waals surface area contributed by atoms with Gasteiger partial charge in [-0.1, -0.05) is 0 Å². The Morgan fingerprint density at radius 1 is 1.05 bits per heavy atom. The number of furan rings is 1. The molecule has 0 spiro atoms. The number of rotatable bonds is 2. The van der Waals surface area contributed by atoms with E-state index in [1.807, 2.05) is 0 Å². The predicted octanol–water partition coefficient (Wildman–Crippen LogP) is 0.934. The number of nitrogens with one attached hydrogen (secondary N) is 3. The van der Waals surface area contributed by atoms with E-state index in [0.29, 0.717) is 5.56 Å². The van der Waals surface area contributed by atoms with Crippen molar-refractivity contribution in [2.24, 2.45) is 0 Å². The number of phenols is 1. The van der Waals surface area contributed by atoms with Crippen LogP contribution in [0.2, 0.25) is 0 Å². The third-order valence-corrected chi connectivity index (χ3v) is 2.60. The van der Waals surface area contributed by atoms with E-state index in [2.05, 4.69) is 16.2 Å². The highest BCUT2D eigenvalue weighted by Gasteiger charge is 2.11. The maximum Gasteiger partial charge on any atom is 0.293 e. The van der Waals surface area contributed by atoms with Gasteiger partial charge in [0.05, 0.1) is 6.26 Å². The van der Waals surface area contributed by atoms with Gasteiger partial charge in [0, 0.05) is 5.56 Å². The summed E-state index contributed by atoms with van der Waals surface area (Å²) in [5.41, 5.74) is 5.02. The second kappa shape index (κ2) is 6.53. The van der Waals surface area contributed by atoms with E-state index in [9.17, 15) is 9.59 Å². The Morgan fingerprint density at radius 3 is 2.38 bits per heavy atom. The second-order valence-corrected chi connectivity index (χ2v) is 4.29. The quantitative estimate of drug-likeness (QED) is 0.486. The van der Waals surface area contributed by atoms with Crippen molar-refractivity contribution in [1.29, 1.82) is 0 Å². The minimum Gasteiger partial charge on any atom is -0.508 e. The normalized spacial score (nSPS) is 9.71. The minimum absolute atomic E-state index is 0.0562. The number of phenolic OH excluding ortho intramolecular Hbond substituents is 1. The summed E-state index contributed by atoms with van der Waals surface area (Å²) in [4.78, 5) is 23.3. The summed E-state index contributed by atoms with van der Waals surface area (Å²) in [5, 5.41) is 11.4. The molecule has 0 bridgehead atoms. The first-order valence-electron chi connectivity index (χ1n) is 5.80. The van der Waals surface area contributed by atoms with Crippen molar-refractivity contribution >= 4 is 29.1 Å². The Hall–Kier alpha value is -2.87. The summed E-state index contributed by atoms with van der Waals surface area (Å²) in [6, 6.07) is 8.69. The number of hydrogen-bond donors (Lipinski definition) is 4. The number of aromatic hydroxyl groups is 1. The molecule has 0 aliphatic rings. The molecular weight excluding hydrogens is 294 g/mol. The molecule has 1 aromatic carbocycles. The Labute approximate surface area is 124 Å². The van der Waals surface area contributed by atoms with Gasteiger partial charge in [-0.3, -0.25) is 25.8 Å². The van der Waals surface area contributed by atoms with Crippen molar-refractivity contribution in [3.8, 4) is 5.75 Å². The van der Waals surface area contributed by atoms with Gasteiger partial charge >= 0.3 is 0 Å². The summed E-state index contributed by atoms with van der Waals surface area (Å²) in [5.74, 6) is -0.842. The summed E-state index contributed by atoms with van der Waals surface area (Å²) in [6.45, 7) is 0. The molecule has 21 heavy (non-hydrogen) atoms. The van der Waals surface area contributed by atoms with Crippen LogP contribution in [-0.2, 0) is 0 Å². The van der Waals surface area contributed by atoms with Gasteiger partial charge in [0.25, 0.3) is 11.8 Å². The van der Waals surface area contributed by atoms with Crippen molar-refractivity contribution in [2.75, 3.05) is 0 Å². The van der Waals surface area contributed by atoms with Crippen molar-refractivity contribution in [3.63, 3.8) is 0 Å². The van der Waals surface area contributed by atoms with E-state index in [1.54, 1.807) is 6.07 Å². The molecule has 0 fully saturated rings. The number of hydrogen-bond acceptors (Lipinski definition) is 5. The molecule has 7 nitrogen and oxygen atoms in total. The highest BCUT2D eigenvalue weighted by atomic mass is 32.1. The van der Waals surface area contributed by atoms with Crippen LogP contribution < -0.4 is 16.2 Å². The average molecular weight is 305 g/mol. The van der Waals surface area contributed by atoms with Crippen LogP contribution in [0.25, 0.3) is 0 Å². The molecule has 108 valence electrons. The zero-order valence-electron chi connectivity index (χ0n) is 10.6. The fourth-order valence-electron chi connectivity index (χ4n) is 1.40. The van der Waals surface area contributed by atoms with Gasteiger partial charge in [0.2, 0.25) is 0 Å². The molecule has 0 atom stereocenters. The molecule has 0 saturated heterocycles. The summed E-state index contributed by atoms with van der Waals surface area (Å²) >= 11 is 4.85. The molecule has 0 unspecified atom stereocenters. The zero-order chi connectivity index (χ0) is 15.2. The molecule has 8 heteroatoms. The van der Waals surface area contributed by atoms with E-state index in [4.69, 9.17) is 21.7 Å². The topological polar surface area (TPSA) is 104 Å². The molecule has 0 radical (unpaired) electrons. The van der Waals surface area contributed by atoms with E-state index in [0.717, 1.165) is 0 Å². The fraction of sp³-hybridized carbons (Fsp3) is 0. The molecular formula is C13H11N3O4S. The largest absolute Gasteiger partial charge is 0.508 e. The van der Waals surface area contributed by atoms with Crippen molar-refractivity contribution in [1.82, 2.24) is 16.2 Å². The van der Waals surface area contributed by atoms with E-state index in [-0.39, 0.29) is 16.6 Å². The van der Waals surface area contributed by atoms with Crippen LogP contribution in [0, 0.1) is 0 Å². The molecule has 2 amide bonds. The molecule has 0 saturated carbocycles. The van der Waals surface area contributed by atoms with E-state index >= 15 is 0 Å². The standard InChI is InChI=1S/C13H11N3O4S/c17-9-5-3-8(4-6-9)11(18)15-16-13(21)14-12(19)10-2-1-7-20-10/h1-7,17H,(H,15,18)(H2,14,16,19,21). The maximum absolute atomic E-state index is 11.7. The molecule has 2 rings (SSSR count). The van der Waals surface area contributed by atoms with Crippen LogP contribution in [0.5, 0.6) is 5.75 Å². The van der Waals surface area contributed by atoms with Crippen molar-refractivity contribution < 1.29 is 19.1 Å². The van der Waals surface area contributed by atoms with Gasteiger partial charge < -0.3 is 9.52 Å². The van der Waals surface area contributed by atoms with Crippen LogP contribution in [0.3, 0.4) is 0 Å². The fourth-order valence-corrected chi connectivity index (χ4v) is 1.55. The lowest BCUT2D eigenvalue weighted by Crippen LogP contribution is -2.48. The van der Waals surface area contributed by atoms with Crippen LogP contribution >= 0.6 is 12.2 Å². The SMILES string of the molecule is O=C(NNC(=S)NC(=O)c1ccco1)c1ccc(O)cc1. The minimum atomic E-state index is -0.531. The number of carbonyl (C=O) groups excluding carboxylic acids is 2. The predicted molar refractivity (Wildman–Crippen MR) is 77.5 cm³/mol. The lowest BCUT2D eigenvalue weighted by molar-refractivity contribution is 0.0927. The monoisotopic (exact) mass is 305 g/mol. The summed E-state index contributed by atoms with van der Waals surface area (Å²) < 4.78 is 4.89. The molecule has 0 aliphatic heterocycles. The lowest BCUT2D eigenvalue weighted by atomic mass is 10.2. The lowest BCUT2D eigenvalue weighted by Gasteiger charge is -2.10. The third kappa shape index (κ3) is 4.05. The van der Waals surface area contributed by atoms with Gasteiger partial charge in [-0.15, -0.1) is 0 Å². The molecule has 1 heterocycles. The molecule has 2 aromatic rings. The van der Waals surface area contributed by atoms with E-state index < -0.39 is 11.8 Å². The number of thiocarbonyl (C=S) groups is 1. The number of benzene rings is 1. The van der Waals surface area contributed by atoms with Crippen molar-refractivity contribution in [3.05, 3.63) is 54.0 Å². The Kier molecular flexibility index (Phi) is 4.52. The first-order chi connectivity index (χ1) is 10.1. The third-order valence-electron chi connectivity index (χ3n) is 2.39. The van der Waals surface area contributed by atoms with Crippen LogP contribution in [-0.4, -0.2) is 22.0 Å². The highest BCUT2D eigenvalue weighted by molar-refractivity contribution is 7.80. The Bertz CT molecular complexity index is 653. The zero-order valence-corrected chi connectivity index (χ0v) is 11.4. The van der Waals surface area contributed by atoms with E-state index in [1.165, 1.54) is 36.6 Å². The molecule has 1 aromatic heterocycles. The number of amides is 2. The van der Waals surface area contributed by atoms with Crippen LogP contribution in [0.1, 0.15) is 20.9 Å². The highest BCUT2D eigenvalue weighted by Crippen LogP contribution is 2.08. The smallest absolute Gasteiger partial charge is 0.293 e. The Morgan fingerprint density at radius 2 is 1.76 bits per heavy atom. The summed E-state index contributed by atoms with van der Waals surface area (Å²) in [7, 11) is 0. The second-order valence-electron chi connectivity index (χ2n) is 3.89. The molecule has 4 N–H and O–H groups in total. The van der Waals surface area contributed by atoms with Crippen LogP contribution in [0.15, 0.2) is 47.1 Å². The van der Waals surface area contributed by atoms with Crippen molar-refractivity contribution in [2.45, 2.75) is 0 Å². The van der Waals surface area contributed by atoms with Gasteiger partial charge in [0.15, 0.2) is 10.9 Å². The first-order valence-corrected chi connectivity index (χ1v) is 6.21. The van der Waals surface area contributed by atoms with Gasteiger partial charge in [0.1, 0.15) is 5.75 Å². The summed E-state index contributed by atoms with van der Waals surface area (Å²) in [6.07, 6.45) is 1.36. The van der Waals surface area contributed by atoms with Crippen LogP contribution in [0.4, 0.5) is 0 Å². The first kappa shape index (κ1) is 14.5. The average Bonchev–Trinajstić information content (AvgIpc) is 3.00. The molecule has 0 aliphatic carbocycles. The van der Waals surface area contributed by atoms with Gasteiger partial charge in [-0.05, 0) is 48.6 Å². The number of carbonyl (C=O) groups is 2. The maximum atomic E-state index is 11.7.